The zero-order valence-electron chi connectivity index (χ0n) is 13.2. The van der Waals surface area contributed by atoms with Gasteiger partial charge in [0.1, 0.15) is 4.70 Å². The van der Waals surface area contributed by atoms with Gasteiger partial charge in [0.15, 0.2) is 24.0 Å². The molecule has 0 saturated heterocycles. The number of carbonyl (C=O) groups is 1. The van der Waals surface area contributed by atoms with E-state index < -0.39 is 0 Å². The van der Waals surface area contributed by atoms with E-state index in [4.69, 9.17) is 0 Å². The summed E-state index contributed by atoms with van der Waals surface area (Å²) in [5, 5.41) is 1.85. The number of hydrogen-bond acceptors (Lipinski definition) is 4. The highest BCUT2D eigenvalue weighted by Gasteiger charge is 2.12. The van der Waals surface area contributed by atoms with Crippen LogP contribution in [0.5, 0.6) is 0 Å². The Morgan fingerprint density at radius 1 is 1.04 bits per heavy atom. The van der Waals surface area contributed by atoms with Crippen molar-refractivity contribution in [3.63, 3.8) is 0 Å². The third kappa shape index (κ3) is 3.12. The number of hydrogen-bond donors (Lipinski definition) is 1. The van der Waals surface area contributed by atoms with E-state index in [2.05, 4.69) is 9.97 Å². The average Bonchev–Trinajstić information content (AvgIpc) is 3.12. The Bertz CT molecular complexity index is 1100. The van der Waals surface area contributed by atoms with Gasteiger partial charge in [0, 0.05) is 23.3 Å². The zero-order valence-corrected chi connectivity index (χ0v) is 14.0. The summed E-state index contributed by atoms with van der Waals surface area (Å²) < 4.78 is 2.51. The van der Waals surface area contributed by atoms with Gasteiger partial charge in [-0.1, -0.05) is 30.3 Å². The SMILES string of the molecule is O=C(c1ccccc1)c1cc[n+](Cc2nc3ccsc3c(=O)[nH]2)cc1. The molecule has 5 nitrogen and oxygen atoms in total. The second-order valence-corrected chi connectivity index (χ2v) is 6.52. The maximum Gasteiger partial charge on any atom is 0.269 e. The number of carbonyl (C=O) groups excluding carboxylic acids is 1. The van der Waals surface area contributed by atoms with Crippen molar-refractivity contribution in [1.29, 1.82) is 0 Å². The minimum Gasteiger partial charge on any atom is -0.304 e. The topological polar surface area (TPSA) is 66.7 Å². The fourth-order valence-corrected chi connectivity index (χ4v) is 3.37. The van der Waals surface area contributed by atoms with Gasteiger partial charge in [-0.25, -0.2) is 4.98 Å². The normalized spacial score (nSPS) is 10.9. The Morgan fingerprint density at radius 2 is 1.76 bits per heavy atom. The van der Waals surface area contributed by atoms with Gasteiger partial charge in [0.05, 0.1) is 5.52 Å². The Kier molecular flexibility index (Phi) is 3.95. The predicted molar refractivity (Wildman–Crippen MR) is 95.9 cm³/mol. The second-order valence-electron chi connectivity index (χ2n) is 5.60. The molecule has 0 fully saturated rings. The number of thiophene rings is 1. The van der Waals surface area contributed by atoms with Crippen molar-refractivity contribution in [3.05, 3.63) is 93.6 Å². The average molecular weight is 348 g/mol. The van der Waals surface area contributed by atoms with Crippen molar-refractivity contribution in [1.82, 2.24) is 9.97 Å². The molecule has 0 aliphatic carbocycles. The van der Waals surface area contributed by atoms with E-state index in [0.29, 0.717) is 33.7 Å². The van der Waals surface area contributed by atoms with Crippen molar-refractivity contribution < 1.29 is 9.36 Å². The molecule has 0 aliphatic heterocycles. The molecule has 0 bridgehead atoms. The first kappa shape index (κ1) is 15.4. The van der Waals surface area contributed by atoms with Crippen LogP contribution in [0.1, 0.15) is 21.7 Å². The van der Waals surface area contributed by atoms with Gasteiger partial charge in [-0.2, -0.15) is 4.57 Å². The molecule has 1 N–H and O–H groups in total. The molecule has 0 radical (unpaired) electrons. The van der Waals surface area contributed by atoms with E-state index in [9.17, 15) is 9.59 Å². The smallest absolute Gasteiger partial charge is 0.269 e. The van der Waals surface area contributed by atoms with Crippen molar-refractivity contribution in [2.45, 2.75) is 6.54 Å². The number of rotatable bonds is 4. The molecule has 0 aliphatic rings. The van der Waals surface area contributed by atoms with E-state index in [1.165, 1.54) is 11.3 Å². The molecule has 6 heteroatoms. The molecule has 0 amide bonds. The lowest BCUT2D eigenvalue weighted by molar-refractivity contribution is -0.689. The molecule has 0 saturated carbocycles. The molecule has 0 atom stereocenters. The molecule has 3 aromatic heterocycles. The van der Waals surface area contributed by atoms with Gasteiger partial charge < -0.3 is 4.98 Å². The summed E-state index contributed by atoms with van der Waals surface area (Å²) >= 11 is 1.38. The highest BCUT2D eigenvalue weighted by Crippen LogP contribution is 2.13. The fourth-order valence-electron chi connectivity index (χ4n) is 2.64. The summed E-state index contributed by atoms with van der Waals surface area (Å²) in [4.78, 5) is 31.7. The molecular weight excluding hydrogens is 334 g/mol. The summed E-state index contributed by atoms with van der Waals surface area (Å²) in [5.74, 6) is 0.571. The van der Waals surface area contributed by atoms with Gasteiger partial charge >= 0.3 is 0 Å². The molecule has 4 rings (SSSR count). The summed E-state index contributed by atoms with van der Waals surface area (Å²) in [6.07, 6.45) is 3.63. The van der Waals surface area contributed by atoms with Crippen LogP contribution >= 0.6 is 11.3 Å². The molecule has 122 valence electrons. The number of nitrogens with one attached hydrogen (secondary N) is 1. The van der Waals surface area contributed by atoms with Crippen LogP contribution in [0.4, 0.5) is 0 Å². The number of H-pyrrole nitrogens is 1. The van der Waals surface area contributed by atoms with Crippen LogP contribution in [0, 0.1) is 0 Å². The lowest BCUT2D eigenvalue weighted by Gasteiger charge is -2.01. The summed E-state index contributed by atoms with van der Waals surface area (Å²) in [6, 6.07) is 14.6. The molecule has 0 spiro atoms. The first-order valence-corrected chi connectivity index (χ1v) is 8.64. The van der Waals surface area contributed by atoms with Gasteiger partial charge in [0.2, 0.25) is 6.54 Å². The first-order chi connectivity index (χ1) is 12.2. The highest BCUT2D eigenvalue weighted by atomic mass is 32.1. The predicted octanol–water partition coefficient (Wildman–Crippen LogP) is 2.55. The Labute approximate surface area is 147 Å². The Morgan fingerprint density at radius 3 is 2.52 bits per heavy atom. The maximum atomic E-state index is 12.4. The van der Waals surface area contributed by atoms with Gasteiger partial charge in [0.25, 0.3) is 5.56 Å². The van der Waals surface area contributed by atoms with Crippen LogP contribution in [0.25, 0.3) is 10.2 Å². The largest absolute Gasteiger partial charge is 0.304 e. The van der Waals surface area contributed by atoms with Crippen LogP contribution < -0.4 is 10.1 Å². The molecule has 25 heavy (non-hydrogen) atoms. The minimum atomic E-state index is -0.119. The summed E-state index contributed by atoms with van der Waals surface area (Å²) in [6.45, 7) is 0.431. The fraction of sp³-hybridized carbons (Fsp3) is 0.0526. The summed E-state index contributed by atoms with van der Waals surface area (Å²) in [5.41, 5.74) is 1.87. The van der Waals surface area contributed by atoms with Crippen LogP contribution in [0.2, 0.25) is 0 Å². The van der Waals surface area contributed by atoms with E-state index in [0.717, 1.165) is 0 Å². The standard InChI is InChI=1S/C19H13N3O2S/c23-17(13-4-2-1-3-5-13)14-6-9-22(10-7-14)12-16-20-15-8-11-25-18(15)19(24)21-16/h1-11H,12H2/p+1. The maximum absolute atomic E-state index is 12.4. The van der Waals surface area contributed by atoms with E-state index in [1.54, 1.807) is 24.3 Å². The highest BCUT2D eigenvalue weighted by molar-refractivity contribution is 7.17. The number of aromatic nitrogens is 3. The van der Waals surface area contributed by atoms with Crippen molar-refractivity contribution in [2.75, 3.05) is 0 Å². The number of nitrogens with zero attached hydrogens (tertiary/aromatic N) is 2. The Hall–Kier alpha value is -3.12. The molecule has 0 unspecified atom stereocenters. The lowest BCUT2D eigenvalue weighted by atomic mass is 10.0. The van der Waals surface area contributed by atoms with Crippen LogP contribution in [-0.4, -0.2) is 15.8 Å². The van der Waals surface area contributed by atoms with E-state index in [-0.39, 0.29) is 11.3 Å². The number of aromatic amines is 1. The minimum absolute atomic E-state index is 0.0148. The Balaban J connectivity index is 1.57. The zero-order chi connectivity index (χ0) is 17.2. The second kappa shape index (κ2) is 6.41. The van der Waals surface area contributed by atoms with Crippen LogP contribution in [-0.2, 0) is 6.54 Å². The number of fused-ring (bicyclic) bond motifs is 1. The van der Waals surface area contributed by atoms with Gasteiger partial charge in [-0.05, 0) is 11.4 Å². The number of ketones is 1. The molecule has 3 heterocycles. The number of benzene rings is 1. The third-order valence-electron chi connectivity index (χ3n) is 3.89. The number of pyridine rings is 1. The quantitative estimate of drug-likeness (QED) is 0.455. The van der Waals surface area contributed by atoms with Crippen molar-refractivity contribution in [3.8, 4) is 0 Å². The van der Waals surface area contributed by atoms with Crippen LogP contribution in [0.3, 0.4) is 0 Å². The summed E-state index contributed by atoms with van der Waals surface area (Å²) in [7, 11) is 0. The third-order valence-corrected chi connectivity index (χ3v) is 4.79. The molecular formula is C19H14N3O2S+. The monoisotopic (exact) mass is 348 g/mol. The van der Waals surface area contributed by atoms with Gasteiger partial charge in [-0.3, -0.25) is 9.59 Å². The first-order valence-electron chi connectivity index (χ1n) is 7.76. The van der Waals surface area contributed by atoms with E-state index >= 15 is 0 Å². The van der Waals surface area contributed by atoms with Gasteiger partial charge in [-0.15, -0.1) is 11.3 Å². The van der Waals surface area contributed by atoms with Crippen molar-refractivity contribution >= 4 is 27.3 Å². The molecule has 1 aromatic carbocycles. The van der Waals surface area contributed by atoms with Crippen LogP contribution in [0.15, 0.2) is 71.1 Å². The molecule has 4 aromatic rings. The van der Waals surface area contributed by atoms with E-state index in [1.807, 2.05) is 46.6 Å². The lowest BCUT2D eigenvalue weighted by Crippen LogP contribution is -2.35. The van der Waals surface area contributed by atoms with Crippen molar-refractivity contribution in [2.24, 2.45) is 0 Å².